The number of para-hydroxylation sites is 3. The number of hydrogen-bond acceptors (Lipinski definition) is 2. The van der Waals surface area contributed by atoms with Gasteiger partial charge in [0.15, 0.2) is 8.07 Å². The Kier molecular flexibility index (Phi) is 8.65. The van der Waals surface area contributed by atoms with Crippen LogP contribution < -0.4 is 41.1 Å². The maximum atomic E-state index is 7.08. The lowest BCUT2D eigenvalue weighted by Crippen LogP contribution is -2.75. The summed E-state index contributed by atoms with van der Waals surface area (Å²) in [5.74, 6) is 2.50. The van der Waals surface area contributed by atoms with E-state index in [1.54, 1.807) is 0 Å². The van der Waals surface area contributed by atoms with Crippen LogP contribution in [-0.2, 0) is 0 Å². The van der Waals surface area contributed by atoms with Gasteiger partial charge in [-0.2, -0.15) is 0 Å². The van der Waals surface area contributed by atoms with Crippen LogP contribution in [0.5, 0.6) is 17.2 Å². The fourth-order valence-corrected chi connectivity index (χ4v) is 15.8. The third kappa shape index (κ3) is 5.83. The first-order valence-corrected chi connectivity index (χ1v) is 24.4. The van der Waals surface area contributed by atoms with Gasteiger partial charge in [0.25, 0.3) is 0 Å². The molecule has 0 bridgehead atoms. The molecular formula is C60H40BNO2Si. The topological polar surface area (TPSA) is 23.4 Å². The smallest absolute Gasteiger partial charge is 0.434 e. The first-order chi connectivity index (χ1) is 32.2. The summed E-state index contributed by atoms with van der Waals surface area (Å²) in [6, 6.07) is 88.4. The molecule has 2 aliphatic rings. The average Bonchev–Trinajstić information content (AvgIpc) is 3.72. The SMILES string of the molecule is c1ccc([Si](c2ccccc2)(c2ccccc2)c2ccccc2-c2ccc3c(c2)B2Oc4ccccc4-c4cc(-c5cccc(-n6c7ccccc7c7ccccc76)c5)cc(c42)O3)cc1. The van der Waals surface area contributed by atoms with Gasteiger partial charge in [-0.3, -0.25) is 0 Å². The van der Waals surface area contributed by atoms with Gasteiger partial charge in [-0.05, 0) is 97.1 Å². The van der Waals surface area contributed by atoms with Gasteiger partial charge < -0.3 is 14.0 Å². The van der Waals surface area contributed by atoms with Gasteiger partial charge in [-0.1, -0.05) is 194 Å². The largest absolute Gasteiger partial charge is 0.551 e. The van der Waals surface area contributed by atoms with Crippen LogP contribution in [0.1, 0.15) is 0 Å². The predicted molar refractivity (Wildman–Crippen MR) is 273 cm³/mol. The lowest BCUT2D eigenvalue weighted by atomic mass is 9.50. The van der Waals surface area contributed by atoms with Crippen molar-refractivity contribution in [3.63, 3.8) is 0 Å². The van der Waals surface area contributed by atoms with Crippen molar-refractivity contribution in [1.82, 2.24) is 4.57 Å². The highest BCUT2D eigenvalue weighted by atomic mass is 28.3. The molecule has 65 heavy (non-hydrogen) atoms. The summed E-state index contributed by atoms with van der Waals surface area (Å²) in [7, 11) is -2.84. The van der Waals surface area contributed by atoms with Crippen molar-refractivity contribution >= 4 is 68.5 Å². The van der Waals surface area contributed by atoms with E-state index in [1.807, 2.05) is 0 Å². The van der Waals surface area contributed by atoms with Crippen molar-refractivity contribution in [2.75, 3.05) is 0 Å². The molecule has 1 aromatic heterocycles. The zero-order valence-corrected chi connectivity index (χ0v) is 36.4. The second kappa shape index (κ2) is 15.0. The average molecular weight is 846 g/mol. The monoisotopic (exact) mass is 845 g/mol. The van der Waals surface area contributed by atoms with E-state index in [0.29, 0.717) is 0 Å². The lowest BCUT2D eigenvalue weighted by Gasteiger charge is -2.36. The molecule has 2 aliphatic heterocycles. The molecule has 11 aromatic rings. The Morgan fingerprint density at radius 2 is 0.954 bits per heavy atom. The van der Waals surface area contributed by atoms with Gasteiger partial charge in [-0.25, -0.2) is 0 Å². The molecule has 13 rings (SSSR count). The van der Waals surface area contributed by atoms with Gasteiger partial charge in [0.1, 0.15) is 17.2 Å². The predicted octanol–water partition coefficient (Wildman–Crippen LogP) is 10.8. The van der Waals surface area contributed by atoms with Gasteiger partial charge in [-0.15, -0.1) is 0 Å². The number of benzene rings is 10. The second-order valence-corrected chi connectivity index (χ2v) is 20.9. The molecule has 0 spiro atoms. The summed E-state index contributed by atoms with van der Waals surface area (Å²) >= 11 is 0. The van der Waals surface area contributed by atoms with E-state index in [4.69, 9.17) is 9.39 Å². The number of aromatic nitrogens is 1. The van der Waals surface area contributed by atoms with Crippen molar-refractivity contribution in [2.45, 2.75) is 0 Å². The Morgan fingerprint density at radius 3 is 1.63 bits per heavy atom. The van der Waals surface area contributed by atoms with Crippen LogP contribution in [0.3, 0.4) is 0 Å². The Morgan fingerprint density at radius 1 is 0.369 bits per heavy atom. The standard InChI is InChI=1S/C60H40BNO2Si/c1-4-21-45(22-5-1)65(46-23-6-2-7-24-46,47-25-8-3-9-26-47)59-34-17-13-27-48(59)42-35-36-57-53(39-42)61-60-52(51-30-12-16-33-56(51)64-61)38-43(40-58(60)63-57)41-19-18-20-44(37-41)62-54-31-14-10-28-49(54)50-29-11-15-32-55(50)62/h1-40H. The van der Waals surface area contributed by atoms with E-state index in [-0.39, 0.29) is 6.92 Å². The van der Waals surface area contributed by atoms with Gasteiger partial charge in [0, 0.05) is 32.9 Å². The molecule has 0 unspecified atom stereocenters. The molecular weight excluding hydrogens is 806 g/mol. The van der Waals surface area contributed by atoms with E-state index in [9.17, 15) is 0 Å². The number of hydrogen-bond donors (Lipinski definition) is 0. The Hall–Kier alpha value is -8.12. The van der Waals surface area contributed by atoms with E-state index >= 15 is 0 Å². The molecule has 0 atom stereocenters. The third-order valence-corrected chi connectivity index (χ3v) is 18.5. The maximum absolute atomic E-state index is 7.08. The quantitative estimate of drug-likeness (QED) is 0.118. The highest BCUT2D eigenvalue weighted by Gasteiger charge is 2.44. The van der Waals surface area contributed by atoms with Crippen molar-refractivity contribution < 1.29 is 9.39 Å². The summed E-state index contributed by atoms with van der Waals surface area (Å²) in [5, 5.41) is 7.86. The fourth-order valence-electron chi connectivity index (χ4n) is 10.8. The second-order valence-electron chi connectivity index (χ2n) is 17.1. The molecule has 0 fully saturated rings. The van der Waals surface area contributed by atoms with Crippen LogP contribution in [0.25, 0.3) is 60.9 Å². The van der Waals surface area contributed by atoms with Gasteiger partial charge >= 0.3 is 6.92 Å². The van der Waals surface area contributed by atoms with Crippen molar-refractivity contribution in [1.29, 1.82) is 0 Å². The zero-order chi connectivity index (χ0) is 42.9. The molecule has 0 saturated carbocycles. The summed E-state index contributed by atoms with van der Waals surface area (Å²) < 4.78 is 16.5. The van der Waals surface area contributed by atoms with Crippen molar-refractivity contribution in [2.24, 2.45) is 0 Å². The van der Waals surface area contributed by atoms with Crippen LogP contribution in [0.15, 0.2) is 243 Å². The summed E-state index contributed by atoms with van der Waals surface area (Å²) in [6.45, 7) is -0.358. The van der Waals surface area contributed by atoms with Crippen LogP contribution in [-0.4, -0.2) is 19.6 Å². The Bertz CT molecular complexity index is 3470. The summed E-state index contributed by atoms with van der Waals surface area (Å²) in [5.41, 5.74) is 12.3. The molecule has 3 nitrogen and oxygen atoms in total. The Balaban J connectivity index is 0.966. The van der Waals surface area contributed by atoms with Crippen LogP contribution in [0.4, 0.5) is 0 Å². The fraction of sp³-hybridized carbons (Fsp3) is 0. The number of rotatable bonds is 7. The molecule has 0 saturated heterocycles. The first kappa shape index (κ1) is 37.4. The summed E-state index contributed by atoms with van der Waals surface area (Å²) in [4.78, 5) is 0. The molecule has 10 aromatic carbocycles. The zero-order valence-electron chi connectivity index (χ0n) is 35.4. The molecule has 5 heteroatoms. The van der Waals surface area contributed by atoms with E-state index in [2.05, 4.69) is 247 Å². The molecule has 3 heterocycles. The lowest BCUT2D eigenvalue weighted by molar-refractivity contribution is 0.479. The highest BCUT2D eigenvalue weighted by Crippen LogP contribution is 2.42. The first-order valence-electron chi connectivity index (χ1n) is 22.4. The van der Waals surface area contributed by atoms with Crippen LogP contribution >= 0.6 is 0 Å². The normalized spacial score (nSPS) is 12.5. The number of fused-ring (bicyclic) bond motifs is 7. The van der Waals surface area contributed by atoms with E-state index in [1.165, 1.54) is 48.1 Å². The highest BCUT2D eigenvalue weighted by molar-refractivity contribution is 7.20. The van der Waals surface area contributed by atoms with Crippen LogP contribution in [0, 0.1) is 0 Å². The minimum atomic E-state index is -2.84. The molecule has 0 amide bonds. The van der Waals surface area contributed by atoms with Crippen molar-refractivity contribution in [3.8, 4) is 56.3 Å². The van der Waals surface area contributed by atoms with Gasteiger partial charge in [0.2, 0.25) is 0 Å². The minimum absolute atomic E-state index is 0.358. The molecule has 0 N–H and O–H groups in total. The molecule has 304 valence electrons. The Labute approximate surface area is 379 Å². The summed E-state index contributed by atoms with van der Waals surface area (Å²) in [6.07, 6.45) is 0. The molecule has 0 radical (unpaired) electrons. The maximum Gasteiger partial charge on any atom is 0.434 e. The molecule has 0 aliphatic carbocycles. The number of ether oxygens (including phenoxy) is 1. The van der Waals surface area contributed by atoms with E-state index in [0.717, 1.165) is 61.7 Å². The van der Waals surface area contributed by atoms with Crippen molar-refractivity contribution in [3.05, 3.63) is 243 Å². The van der Waals surface area contributed by atoms with E-state index < -0.39 is 8.07 Å². The third-order valence-electron chi connectivity index (χ3n) is 13.6. The number of nitrogens with zero attached hydrogens (tertiary/aromatic N) is 1. The van der Waals surface area contributed by atoms with Crippen LogP contribution in [0.2, 0.25) is 0 Å². The minimum Gasteiger partial charge on any atom is -0.551 e. The van der Waals surface area contributed by atoms with Gasteiger partial charge in [0.05, 0.1) is 11.0 Å².